The Bertz CT molecular complexity index is 1140. The number of hydrogen-bond acceptors (Lipinski definition) is 7. The lowest BCUT2D eigenvalue weighted by molar-refractivity contribution is -0.135. The standard InChI is InChI=1S/C26H23N3O3S.ClH/c1-2-32-24(30)23(29-31)22-18-33-25(27-22)28-26(19-12-6-3-7-13-19,20-14-8-4-9-15-20)21-16-10-5-11-17-21;/h3-18,31H,2H2,1H3,(H,27,28);1H/b29-23-;. The molecule has 6 nitrogen and oxygen atoms in total. The molecule has 174 valence electrons. The number of thiazole rings is 1. The highest BCUT2D eigenvalue weighted by Gasteiger charge is 2.37. The third-order valence-corrected chi connectivity index (χ3v) is 5.99. The summed E-state index contributed by atoms with van der Waals surface area (Å²) >= 11 is 1.32. The molecule has 0 saturated heterocycles. The normalized spacial score (nSPS) is 11.4. The molecule has 0 fully saturated rings. The van der Waals surface area contributed by atoms with Crippen LogP contribution in [0.25, 0.3) is 0 Å². The van der Waals surface area contributed by atoms with Crippen molar-refractivity contribution < 1.29 is 14.7 Å². The summed E-state index contributed by atoms with van der Waals surface area (Å²) in [4.78, 5) is 16.7. The van der Waals surface area contributed by atoms with Crippen LogP contribution in [-0.2, 0) is 15.1 Å². The van der Waals surface area contributed by atoms with E-state index >= 15 is 0 Å². The van der Waals surface area contributed by atoms with Crippen molar-refractivity contribution in [2.45, 2.75) is 12.5 Å². The number of benzene rings is 3. The van der Waals surface area contributed by atoms with Crippen LogP contribution in [-0.4, -0.2) is 28.5 Å². The van der Waals surface area contributed by atoms with Gasteiger partial charge in [0.25, 0.3) is 0 Å². The Hall–Kier alpha value is -3.68. The maximum atomic E-state index is 12.2. The molecule has 2 N–H and O–H groups in total. The second-order valence-corrected chi connectivity index (χ2v) is 8.04. The smallest absolute Gasteiger partial charge is 0.362 e. The lowest BCUT2D eigenvalue weighted by Crippen LogP contribution is -2.38. The monoisotopic (exact) mass is 493 g/mol. The van der Waals surface area contributed by atoms with Gasteiger partial charge in [0.05, 0.1) is 6.61 Å². The lowest BCUT2D eigenvalue weighted by Gasteiger charge is -2.36. The van der Waals surface area contributed by atoms with Crippen molar-refractivity contribution in [3.8, 4) is 0 Å². The predicted octanol–water partition coefficient (Wildman–Crippen LogP) is 5.71. The highest BCUT2D eigenvalue weighted by atomic mass is 35.5. The Morgan fingerprint density at radius 3 is 1.82 bits per heavy atom. The zero-order valence-corrected chi connectivity index (χ0v) is 20.1. The van der Waals surface area contributed by atoms with Crippen LogP contribution in [0.15, 0.2) is 102 Å². The van der Waals surface area contributed by atoms with E-state index in [-0.39, 0.29) is 30.4 Å². The van der Waals surface area contributed by atoms with Crippen molar-refractivity contribution in [3.05, 3.63) is 119 Å². The maximum Gasteiger partial charge on any atom is 0.362 e. The van der Waals surface area contributed by atoms with Crippen LogP contribution in [0, 0.1) is 0 Å². The van der Waals surface area contributed by atoms with Crippen molar-refractivity contribution in [3.63, 3.8) is 0 Å². The fourth-order valence-corrected chi connectivity index (χ4v) is 4.53. The number of carbonyl (C=O) groups excluding carboxylic acids is 1. The van der Waals surface area contributed by atoms with Crippen LogP contribution in [0.1, 0.15) is 29.3 Å². The highest BCUT2D eigenvalue weighted by molar-refractivity contribution is 7.14. The number of esters is 1. The Labute approximate surface area is 208 Å². The summed E-state index contributed by atoms with van der Waals surface area (Å²) in [7, 11) is 0. The molecule has 0 atom stereocenters. The lowest BCUT2D eigenvalue weighted by atomic mass is 9.77. The van der Waals surface area contributed by atoms with Gasteiger partial charge in [0.1, 0.15) is 11.2 Å². The van der Waals surface area contributed by atoms with E-state index in [1.54, 1.807) is 12.3 Å². The van der Waals surface area contributed by atoms with Gasteiger partial charge >= 0.3 is 5.97 Å². The van der Waals surface area contributed by atoms with Crippen molar-refractivity contribution in [1.29, 1.82) is 0 Å². The molecule has 34 heavy (non-hydrogen) atoms. The first-order chi connectivity index (χ1) is 16.2. The van der Waals surface area contributed by atoms with Crippen molar-refractivity contribution in [1.82, 2.24) is 4.98 Å². The third kappa shape index (κ3) is 4.95. The van der Waals surface area contributed by atoms with Gasteiger partial charge in [-0.1, -0.05) is 96.2 Å². The average molecular weight is 494 g/mol. The Morgan fingerprint density at radius 2 is 1.41 bits per heavy atom. The fraction of sp³-hybridized carbons (Fsp3) is 0.115. The van der Waals surface area contributed by atoms with Crippen molar-refractivity contribution in [2.24, 2.45) is 5.16 Å². The number of aromatic nitrogens is 1. The molecule has 4 rings (SSSR count). The Balaban J connectivity index is 0.00000324. The van der Waals surface area contributed by atoms with Gasteiger partial charge < -0.3 is 15.3 Å². The van der Waals surface area contributed by atoms with Gasteiger partial charge in [-0.25, -0.2) is 9.78 Å². The summed E-state index contributed by atoms with van der Waals surface area (Å²) in [6.07, 6.45) is 0. The van der Waals surface area contributed by atoms with E-state index in [9.17, 15) is 10.0 Å². The van der Waals surface area contributed by atoms with Crippen LogP contribution in [0.4, 0.5) is 5.13 Å². The molecule has 0 amide bonds. The first-order valence-electron chi connectivity index (χ1n) is 10.5. The molecular weight excluding hydrogens is 470 g/mol. The van der Waals surface area contributed by atoms with E-state index in [0.29, 0.717) is 5.13 Å². The number of oxime groups is 1. The van der Waals surface area contributed by atoms with Crippen molar-refractivity contribution >= 4 is 40.6 Å². The number of nitrogens with one attached hydrogen (secondary N) is 1. The molecule has 0 unspecified atom stereocenters. The molecule has 0 aliphatic heterocycles. The quantitative estimate of drug-likeness (QED) is 0.108. The van der Waals surface area contributed by atoms with E-state index in [4.69, 9.17) is 4.74 Å². The molecule has 8 heteroatoms. The molecule has 1 heterocycles. The van der Waals surface area contributed by atoms with Gasteiger partial charge in [-0.15, -0.1) is 23.7 Å². The second kappa shape index (κ2) is 11.4. The zero-order chi connectivity index (χ0) is 23.1. The van der Waals surface area contributed by atoms with E-state index < -0.39 is 11.5 Å². The van der Waals surface area contributed by atoms with E-state index in [1.807, 2.05) is 54.6 Å². The SMILES string of the molecule is CCOC(=O)/C(=N\O)c1csc(NC(c2ccccc2)(c2ccccc2)c2ccccc2)n1.Cl. The molecule has 0 bridgehead atoms. The van der Waals surface area contributed by atoms with Crippen LogP contribution in [0.3, 0.4) is 0 Å². The molecule has 4 aromatic rings. The number of carbonyl (C=O) groups is 1. The summed E-state index contributed by atoms with van der Waals surface area (Å²) in [5.41, 5.74) is 2.35. The number of hydrogen-bond donors (Lipinski definition) is 2. The van der Waals surface area contributed by atoms with Gasteiger partial charge in [0.2, 0.25) is 5.71 Å². The summed E-state index contributed by atoms with van der Waals surface area (Å²) in [5, 5.41) is 18.4. The van der Waals surface area contributed by atoms with Gasteiger partial charge in [-0.2, -0.15) is 0 Å². The van der Waals surface area contributed by atoms with E-state index in [2.05, 4.69) is 51.9 Å². The number of halogens is 1. The fourth-order valence-electron chi connectivity index (χ4n) is 3.78. The van der Waals surface area contributed by atoms with Gasteiger partial charge in [-0.05, 0) is 23.6 Å². The molecular formula is C26H24ClN3O3S. The number of rotatable bonds is 8. The molecule has 1 aromatic heterocycles. The number of ether oxygens (including phenoxy) is 1. The minimum absolute atomic E-state index is 0. The first kappa shape index (κ1) is 25.0. The Morgan fingerprint density at radius 1 is 0.941 bits per heavy atom. The molecule has 0 aliphatic rings. The summed E-state index contributed by atoms with van der Waals surface area (Å²) in [6, 6.07) is 30.4. The van der Waals surface area contributed by atoms with Crippen LogP contribution in [0.2, 0.25) is 0 Å². The predicted molar refractivity (Wildman–Crippen MR) is 137 cm³/mol. The molecule has 3 aromatic carbocycles. The number of nitrogens with zero attached hydrogens (tertiary/aromatic N) is 2. The van der Waals surface area contributed by atoms with Gasteiger partial charge in [0.15, 0.2) is 5.13 Å². The van der Waals surface area contributed by atoms with Crippen LogP contribution >= 0.6 is 23.7 Å². The Kier molecular flexibility index (Phi) is 8.40. The maximum absolute atomic E-state index is 12.2. The van der Waals surface area contributed by atoms with E-state index in [1.165, 1.54) is 11.3 Å². The first-order valence-corrected chi connectivity index (χ1v) is 11.4. The summed E-state index contributed by atoms with van der Waals surface area (Å²) < 4.78 is 4.98. The molecule has 0 saturated carbocycles. The largest absolute Gasteiger partial charge is 0.461 e. The molecule has 0 radical (unpaired) electrons. The molecule has 0 aliphatic carbocycles. The van der Waals surface area contributed by atoms with Gasteiger partial charge in [0, 0.05) is 5.38 Å². The third-order valence-electron chi connectivity index (χ3n) is 5.23. The highest BCUT2D eigenvalue weighted by Crippen LogP contribution is 2.40. The minimum atomic E-state index is -0.751. The van der Waals surface area contributed by atoms with Gasteiger partial charge in [-0.3, -0.25) is 0 Å². The zero-order valence-electron chi connectivity index (χ0n) is 18.4. The second-order valence-electron chi connectivity index (χ2n) is 7.18. The summed E-state index contributed by atoms with van der Waals surface area (Å²) in [6.45, 7) is 1.86. The summed E-state index contributed by atoms with van der Waals surface area (Å²) in [5.74, 6) is -0.725. The number of anilines is 1. The van der Waals surface area contributed by atoms with Crippen LogP contribution < -0.4 is 5.32 Å². The van der Waals surface area contributed by atoms with Crippen LogP contribution in [0.5, 0.6) is 0 Å². The topological polar surface area (TPSA) is 83.8 Å². The molecule has 0 spiro atoms. The average Bonchev–Trinajstić information content (AvgIpc) is 3.33. The van der Waals surface area contributed by atoms with E-state index in [0.717, 1.165) is 16.7 Å². The minimum Gasteiger partial charge on any atom is -0.461 e. The van der Waals surface area contributed by atoms with Crippen molar-refractivity contribution in [2.75, 3.05) is 11.9 Å².